The van der Waals surface area contributed by atoms with E-state index in [1.165, 1.54) is 0 Å². The first-order chi connectivity index (χ1) is 8.06. The summed E-state index contributed by atoms with van der Waals surface area (Å²) >= 11 is 0. The van der Waals surface area contributed by atoms with Crippen LogP contribution in [0.3, 0.4) is 0 Å². The average Bonchev–Trinajstić information content (AvgIpc) is 3.09. The summed E-state index contributed by atoms with van der Waals surface area (Å²) in [6.45, 7) is 4.42. The maximum absolute atomic E-state index is 11.7. The van der Waals surface area contributed by atoms with Crippen molar-refractivity contribution in [1.29, 1.82) is 0 Å². The Balaban J connectivity index is 2.32. The first-order valence-electron chi connectivity index (χ1n) is 6.32. The van der Waals surface area contributed by atoms with Crippen LogP contribution >= 0.6 is 0 Å². The zero-order valence-corrected chi connectivity index (χ0v) is 10.5. The fourth-order valence-corrected chi connectivity index (χ4v) is 1.73. The second-order valence-electron chi connectivity index (χ2n) is 4.69. The third kappa shape index (κ3) is 4.73. The van der Waals surface area contributed by atoms with Gasteiger partial charge in [-0.15, -0.1) is 0 Å². The highest BCUT2D eigenvalue weighted by Gasteiger charge is 2.37. The van der Waals surface area contributed by atoms with Crippen molar-refractivity contribution in [2.45, 2.75) is 51.6 Å². The summed E-state index contributed by atoms with van der Waals surface area (Å²) in [7, 11) is 0. The van der Waals surface area contributed by atoms with Gasteiger partial charge in [-0.3, -0.25) is 14.9 Å². The molecule has 0 aromatic heterocycles. The molecule has 1 fully saturated rings. The smallest absolute Gasteiger partial charge is 0.321 e. The molecule has 1 aliphatic carbocycles. The number of carbonyl (C=O) groups excluding carboxylic acids is 1. The number of unbranched alkanes of at least 4 members (excludes halogenated alkanes) is 1. The highest BCUT2D eigenvalue weighted by Crippen LogP contribution is 2.32. The highest BCUT2D eigenvalue weighted by atomic mass is 16.4. The molecule has 0 aliphatic heterocycles. The van der Waals surface area contributed by atoms with Gasteiger partial charge >= 0.3 is 5.97 Å². The van der Waals surface area contributed by atoms with E-state index in [1.54, 1.807) is 6.92 Å². The molecular formula is C12H22N2O3. The second kappa shape index (κ2) is 6.59. The van der Waals surface area contributed by atoms with Crippen molar-refractivity contribution < 1.29 is 14.7 Å². The number of rotatable bonds is 8. The van der Waals surface area contributed by atoms with Crippen LogP contribution in [0.5, 0.6) is 0 Å². The number of carboxylic acids is 1. The minimum absolute atomic E-state index is 0.120. The van der Waals surface area contributed by atoms with Gasteiger partial charge in [0.1, 0.15) is 6.04 Å². The lowest BCUT2D eigenvalue weighted by molar-refractivity contribution is -0.140. The fraction of sp³-hybridized carbons (Fsp3) is 0.833. The summed E-state index contributed by atoms with van der Waals surface area (Å²) < 4.78 is 0. The van der Waals surface area contributed by atoms with Gasteiger partial charge in [0.15, 0.2) is 0 Å². The van der Waals surface area contributed by atoms with Crippen LogP contribution in [0.15, 0.2) is 0 Å². The Morgan fingerprint density at radius 2 is 2.06 bits per heavy atom. The maximum Gasteiger partial charge on any atom is 0.321 e. The van der Waals surface area contributed by atoms with E-state index in [-0.39, 0.29) is 11.8 Å². The Bertz CT molecular complexity index is 277. The second-order valence-corrected chi connectivity index (χ2v) is 4.69. The van der Waals surface area contributed by atoms with Gasteiger partial charge in [-0.05, 0) is 32.1 Å². The van der Waals surface area contributed by atoms with E-state index in [9.17, 15) is 9.59 Å². The molecule has 0 heterocycles. The number of amides is 1. The number of nitrogens with one attached hydrogen (secondary N) is 2. The Hall–Kier alpha value is -1.10. The molecule has 17 heavy (non-hydrogen) atoms. The molecule has 0 spiro atoms. The van der Waals surface area contributed by atoms with Gasteiger partial charge in [-0.1, -0.05) is 13.3 Å². The van der Waals surface area contributed by atoms with Crippen molar-refractivity contribution in [3.63, 3.8) is 0 Å². The van der Waals surface area contributed by atoms with Crippen LogP contribution in [0, 0.1) is 5.92 Å². The SMILES string of the molecule is CCCCNC(=O)C(C)NC(C(=O)O)C1CC1. The van der Waals surface area contributed by atoms with Crippen LogP contribution in [0.2, 0.25) is 0 Å². The summed E-state index contributed by atoms with van der Waals surface area (Å²) in [6.07, 6.45) is 3.85. The molecule has 5 heteroatoms. The van der Waals surface area contributed by atoms with E-state index in [1.807, 2.05) is 0 Å². The lowest BCUT2D eigenvalue weighted by Crippen LogP contribution is -2.50. The molecule has 5 nitrogen and oxygen atoms in total. The maximum atomic E-state index is 11.7. The van der Waals surface area contributed by atoms with Crippen molar-refractivity contribution >= 4 is 11.9 Å². The lowest BCUT2D eigenvalue weighted by Gasteiger charge is -2.19. The molecule has 0 bridgehead atoms. The molecular weight excluding hydrogens is 220 g/mol. The molecule has 2 unspecified atom stereocenters. The highest BCUT2D eigenvalue weighted by molar-refractivity contribution is 5.82. The largest absolute Gasteiger partial charge is 0.480 e. The summed E-state index contributed by atoms with van der Waals surface area (Å²) in [5, 5.41) is 14.7. The number of hydrogen-bond acceptors (Lipinski definition) is 3. The molecule has 1 aliphatic rings. The fourth-order valence-electron chi connectivity index (χ4n) is 1.73. The normalized spacial score (nSPS) is 18.5. The predicted molar refractivity (Wildman–Crippen MR) is 64.7 cm³/mol. The number of carboxylic acid groups (broad SMARTS) is 1. The lowest BCUT2D eigenvalue weighted by atomic mass is 10.1. The Labute approximate surface area is 102 Å². The van der Waals surface area contributed by atoms with Crippen molar-refractivity contribution in [3.8, 4) is 0 Å². The van der Waals surface area contributed by atoms with E-state index in [0.717, 1.165) is 25.7 Å². The van der Waals surface area contributed by atoms with E-state index in [4.69, 9.17) is 5.11 Å². The first kappa shape index (κ1) is 14.0. The van der Waals surface area contributed by atoms with E-state index in [2.05, 4.69) is 17.6 Å². The van der Waals surface area contributed by atoms with Crippen molar-refractivity contribution in [1.82, 2.24) is 10.6 Å². The van der Waals surface area contributed by atoms with Crippen molar-refractivity contribution in [3.05, 3.63) is 0 Å². The number of carbonyl (C=O) groups is 2. The van der Waals surface area contributed by atoms with E-state index < -0.39 is 18.1 Å². The first-order valence-corrected chi connectivity index (χ1v) is 6.32. The van der Waals surface area contributed by atoms with Crippen LogP contribution in [0.4, 0.5) is 0 Å². The Morgan fingerprint density at radius 3 is 2.53 bits per heavy atom. The quantitative estimate of drug-likeness (QED) is 0.549. The topological polar surface area (TPSA) is 78.4 Å². The molecule has 2 atom stereocenters. The molecule has 1 rings (SSSR count). The summed E-state index contributed by atoms with van der Waals surface area (Å²) in [5.41, 5.74) is 0. The van der Waals surface area contributed by atoms with Gasteiger partial charge in [0.05, 0.1) is 6.04 Å². The summed E-state index contributed by atoms with van der Waals surface area (Å²) in [6, 6.07) is -1.03. The zero-order chi connectivity index (χ0) is 12.8. The monoisotopic (exact) mass is 242 g/mol. The number of aliphatic carboxylic acids is 1. The van der Waals surface area contributed by atoms with Gasteiger partial charge in [-0.2, -0.15) is 0 Å². The van der Waals surface area contributed by atoms with Gasteiger partial charge in [0.25, 0.3) is 0 Å². The van der Waals surface area contributed by atoms with Crippen molar-refractivity contribution in [2.75, 3.05) is 6.54 Å². The van der Waals surface area contributed by atoms with Gasteiger partial charge in [0.2, 0.25) is 5.91 Å². The van der Waals surface area contributed by atoms with Crippen LogP contribution in [-0.2, 0) is 9.59 Å². The van der Waals surface area contributed by atoms with E-state index >= 15 is 0 Å². The molecule has 3 N–H and O–H groups in total. The van der Waals surface area contributed by atoms with Crippen LogP contribution < -0.4 is 10.6 Å². The molecule has 1 saturated carbocycles. The Kier molecular flexibility index (Phi) is 5.41. The van der Waals surface area contributed by atoms with E-state index in [0.29, 0.717) is 6.54 Å². The third-order valence-corrected chi connectivity index (χ3v) is 3.01. The summed E-state index contributed by atoms with van der Waals surface area (Å²) in [5.74, 6) is -0.788. The molecule has 0 aromatic rings. The summed E-state index contributed by atoms with van der Waals surface area (Å²) in [4.78, 5) is 22.7. The third-order valence-electron chi connectivity index (χ3n) is 3.01. The molecule has 0 saturated heterocycles. The molecule has 0 radical (unpaired) electrons. The average molecular weight is 242 g/mol. The van der Waals surface area contributed by atoms with Crippen LogP contribution in [-0.4, -0.2) is 35.6 Å². The Morgan fingerprint density at radius 1 is 1.41 bits per heavy atom. The van der Waals surface area contributed by atoms with Gasteiger partial charge in [-0.25, -0.2) is 0 Å². The van der Waals surface area contributed by atoms with Gasteiger partial charge < -0.3 is 10.4 Å². The predicted octanol–water partition coefficient (Wildman–Crippen LogP) is 0.744. The zero-order valence-electron chi connectivity index (χ0n) is 10.5. The minimum Gasteiger partial charge on any atom is -0.480 e. The number of hydrogen-bond donors (Lipinski definition) is 3. The standard InChI is InChI=1S/C12H22N2O3/c1-3-4-7-13-11(15)8(2)14-10(12(16)17)9-5-6-9/h8-10,14H,3-7H2,1-2H3,(H,13,15)(H,16,17). The molecule has 1 amide bonds. The van der Waals surface area contributed by atoms with Crippen molar-refractivity contribution in [2.24, 2.45) is 5.92 Å². The van der Waals surface area contributed by atoms with Gasteiger partial charge in [0, 0.05) is 6.54 Å². The van der Waals surface area contributed by atoms with Crippen LogP contribution in [0.1, 0.15) is 39.5 Å². The molecule has 0 aromatic carbocycles. The molecule has 98 valence electrons. The van der Waals surface area contributed by atoms with Crippen LogP contribution in [0.25, 0.3) is 0 Å². The minimum atomic E-state index is -0.860.